The van der Waals surface area contributed by atoms with Crippen LogP contribution < -0.4 is 4.90 Å². The van der Waals surface area contributed by atoms with Crippen LogP contribution in [0.2, 0.25) is 5.02 Å². The van der Waals surface area contributed by atoms with Gasteiger partial charge in [0, 0.05) is 14.2 Å². The SMILES string of the molecule is Cc1ccc2nc(N3C(=O)C(=O)/C(=C(/O)c4ccc(Cl)cc4)C3c3ccc(I)cc3)sc2c1. The fraction of sp³-hybridized carbons (Fsp3) is 0.0800. The van der Waals surface area contributed by atoms with Crippen molar-refractivity contribution in [2.75, 3.05) is 4.90 Å². The number of thiazole rings is 1. The summed E-state index contributed by atoms with van der Waals surface area (Å²) < 4.78 is 1.94. The first-order valence-electron chi connectivity index (χ1n) is 10.0. The lowest BCUT2D eigenvalue weighted by atomic mass is 9.95. The Morgan fingerprint density at radius 2 is 1.76 bits per heavy atom. The number of aliphatic hydroxyl groups excluding tert-OH is 1. The van der Waals surface area contributed by atoms with Gasteiger partial charge in [0.05, 0.1) is 21.8 Å². The Hall–Kier alpha value is -2.75. The normalized spacial score (nSPS) is 17.8. The van der Waals surface area contributed by atoms with E-state index in [1.165, 1.54) is 16.2 Å². The molecule has 8 heteroatoms. The highest BCUT2D eigenvalue weighted by atomic mass is 127. The van der Waals surface area contributed by atoms with E-state index in [0.29, 0.717) is 21.3 Å². The molecule has 5 nitrogen and oxygen atoms in total. The number of aromatic nitrogens is 1. The van der Waals surface area contributed by atoms with E-state index in [1.807, 2.05) is 49.4 Å². The number of anilines is 1. The van der Waals surface area contributed by atoms with Crippen LogP contribution in [-0.2, 0) is 9.59 Å². The lowest BCUT2D eigenvalue weighted by Crippen LogP contribution is -2.29. The molecule has 2 heterocycles. The van der Waals surface area contributed by atoms with Crippen LogP contribution in [0.3, 0.4) is 0 Å². The first-order valence-corrected chi connectivity index (χ1v) is 12.3. The average Bonchev–Trinajstić information content (AvgIpc) is 3.32. The molecule has 0 bridgehead atoms. The molecule has 1 amide bonds. The lowest BCUT2D eigenvalue weighted by Gasteiger charge is -2.23. The van der Waals surface area contributed by atoms with Gasteiger partial charge < -0.3 is 5.11 Å². The fourth-order valence-electron chi connectivity index (χ4n) is 3.88. The second-order valence-corrected chi connectivity index (χ2v) is 10.4. The van der Waals surface area contributed by atoms with Crippen molar-refractivity contribution in [3.05, 3.63) is 97.6 Å². The molecule has 1 aromatic heterocycles. The Bertz CT molecular complexity index is 1450. The maximum atomic E-state index is 13.3. The van der Waals surface area contributed by atoms with E-state index in [0.717, 1.165) is 19.4 Å². The number of hydrogen-bond acceptors (Lipinski definition) is 5. The highest BCUT2D eigenvalue weighted by Crippen LogP contribution is 2.44. The van der Waals surface area contributed by atoms with Gasteiger partial charge in [-0.3, -0.25) is 14.5 Å². The largest absolute Gasteiger partial charge is 0.507 e. The molecule has 0 spiro atoms. The molecule has 164 valence electrons. The molecule has 1 aliphatic heterocycles. The minimum atomic E-state index is -0.806. The van der Waals surface area contributed by atoms with Crippen LogP contribution in [0.4, 0.5) is 5.13 Å². The Morgan fingerprint density at radius 1 is 1.06 bits per heavy atom. The molecule has 1 fully saturated rings. The quantitative estimate of drug-likeness (QED) is 0.129. The van der Waals surface area contributed by atoms with Crippen LogP contribution >= 0.6 is 45.5 Å². The summed E-state index contributed by atoms with van der Waals surface area (Å²) in [4.78, 5) is 32.5. The molecular formula is C25H16ClIN2O3S. The van der Waals surface area contributed by atoms with Gasteiger partial charge >= 0.3 is 5.91 Å². The molecule has 0 saturated carbocycles. The number of rotatable bonds is 3. The topological polar surface area (TPSA) is 70.5 Å². The summed E-state index contributed by atoms with van der Waals surface area (Å²) in [7, 11) is 0. The van der Waals surface area contributed by atoms with E-state index in [-0.39, 0.29) is 11.3 Å². The van der Waals surface area contributed by atoms with Crippen molar-refractivity contribution in [3.63, 3.8) is 0 Å². The highest BCUT2D eigenvalue weighted by Gasteiger charge is 2.48. The fourth-order valence-corrected chi connectivity index (χ4v) is 5.45. The number of carbonyl (C=O) groups is 2. The molecular weight excluding hydrogens is 571 g/mol. The van der Waals surface area contributed by atoms with E-state index in [4.69, 9.17) is 11.6 Å². The minimum absolute atomic E-state index is 0.0268. The second-order valence-electron chi connectivity index (χ2n) is 7.70. The van der Waals surface area contributed by atoms with Crippen molar-refractivity contribution >= 4 is 78.3 Å². The molecule has 1 N–H and O–H groups in total. The van der Waals surface area contributed by atoms with Gasteiger partial charge in [-0.2, -0.15) is 0 Å². The molecule has 1 saturated heterocycles. The molecule has 0 radical (unpaired) electrons. The number of aliphatic hydroxyl groups is 1. The van der Waals surface area contributed by atoms with Gasteiger partial charge in [-0.1, -0.05) is 41.1 Å². The van der Waals surface area contributed by atoms with Crippen LogP contribution in [0.5, 0.6) is 0 Å². The number of benzene rings is 3. The molecule has 1 aliphatic rings. The van der Waals surface area contributed by atoms with Crippen molar-refractivity contribution in [1.82, 2.24) is 4.98 Å². The summed E-state index contributed by atoms with van der Waals surface area (Å²) in [6.45, 7) is 1.99. The van der Waals surface area contributed by atoms with Gasteiger partial charge in [0.2, 0.25) is 0 Å². The second kappa shape index (κ2) is 8.55. The number of ketones is 1. The van der Waals surface area contributed by atoms with Crippen LogP contribution in [0.1, 0.15) is 22.7 Å². The summed E-state index contributed by atoms with van der Waals surface area (Å²) in [5, 5.41) is 12.1. The molecule has 1 unspecified atom stereocenters. The first kappa shape index (κ1) is 22.1. The van der Waals surface area contributed by atoms with Crippen molar-refractivity contribution in [2.24, 2.45) is 0 Å². The smallest absolute Gasteiger partial charge is 0.301 e. The summed E-state index contributed by atoms with van der Waals surface area (Å²) in [6.07, 6.45) is 0. The summed E-state index contributed by atoms with van der Waals surface area (Å²) in [5.41, 5.74) is 2.98. The van der Waals surface area contributed by atoms with E-state index < -0.39 is 17.7 Å². The van der Waals surface area contributed by atoms with Crippen molar-refractivity contribution < 1.29 is 14.7 Å². The Balaban J connectivity index is 1.73. The Kier molecular flexibility index (Phi) is 5.72. The van der Waals surface area contributed by atoms with E-state index in [2.05, 4.69) is 27.6 Å². The number of fused-ring (bicyclic) bond motifs is 1. The molecule has 0 aliphatic carbocycles. The highest BCUT2D eigenvalue weighted by molar-refractivity contribution is 14.1. The zero-order valence-electron chi connectivity index (χ0n) is 17.3. The molecule has 4 aromatic rings. The summed E-state index contributed by atoms with van der Waals surface area (Å²) in [5.74, 6) is -1.71. The predicted octanol–water partition coefficient (Wildman–Crippen LogP) is 6.49. The minimum Gasteiger partial charge on any atom is -0.507 e. The maximum absolute atomic E-state index is 13.3. The van der Waals surface area contributed by atoms with Crippen LogP contribution in [0.25, 0.3) is 16.0 Å². The summed E-state index contributed by atoms with van der Waals surface area (Å²) in [6, 6.07) is 19.1. The average molecular weight is 587 g/mol. The van der Waals surface area contributed by atoms with Crippen molar-refractivity contribution in [3.8, 4) is 0 Å². The standard InChI is InChI=1S/C25H16ClIN2O3S/c1-13-2-11-18-19(12-13)33-25(28-18)29-21(14-5-9-17(27)10-6-14)20(23(31)24(29)32)22(30)15-3-7-16(26)8-4-15/h2-12,21,30H,1H3/b22-20+. The molecule has 33 heavy (non-hydrogen) atoms. The third-order valence-electron chi connectivity index (χ3n) is 5.49. The number of carbonyl (C=O) groups excluding carboxylic acids is 2. The van der Waals surface area contributed by atoms with Crippen molar-refractivity contribution in [2.45, 2.75) is 13.0 Å². The van der Waals surface area contributed by atoms with Gasteiger partial charge in [-0.05, 0) is 89.2 Å². The predicted molar refractivity (Wildman–Crippen MR) is 140 cm³/mol. The van der Waals surface area contributed by atoms with Gasteiger partial charge in [0.1, 0.15) is 5.76 Å². The number of amides is 1. The number of hydrogen-bond donors (Lipinski definition) is 1. The Morgan fingerprint density at radius 3 is 2.45 bits per heavy atom. The number of nitrogens with zero attached hydrogens (tertiary/aromatic N) is 2. The van der Waals surface area contributed by atoms with Crippen LogP contribution in [0, 0.1) is 10.5 Å². The van der Waals surface area contributed by atoms with E-state index >= 15 is 0 Å². The third-order valence-corrected chi connectivity index (χ3v) is 7.48. The Labute approximate surface area is 212 Å². The van der Waals surface area contributed by atoms with Crippen LogP contribution in [-0.4, -0.2) is 21.8 Å². The van der Waals surface area contributed by atoms with E-state index in [9.17, 15) is 14.7 Å². The van der Waals surface area contributed by atoms with Gasteiger partial charge in [-0.25, -0.2) is 4.98 Å². The zero-order chi connectivity index (χ0) is 23.3. The van der Waals surface area contributed by atoms with Gasteiger partial charge in [0.15, 0.2) is 5.13 Å². The number of Topliss-reactive ketones (excluding diaryl/α,β-unsaturated/α-hetero) is 1. The maximum Gasteiger partial charge on any atom is 0.301 e. The van der Waals surface area contributed by atoms with Gasteiger partial charge in [0.25, 0.3) is 5.78 Å². The van der Waals surface area contributed by atoms with Crippen molar-refractivity contribution in [1.29, 1.82) is 0 Å². The van der Waals surface area contributed by atoms with E-state index in [1.54, 1.807) is 24.3 Å². The summed E-state index contributed by atoms with van der Waals surface area (Å²) >= 11 is 9.53. The monoisotopic (exact) mass is 586 g/mol. The molecule has 5 rings (SSSR count). The zero-order valence-corrected chi connectivity index (χ0v) is 21.0. The lowest BCUT2D eigenvalue weighted by molar-refractivity contribution is -0.132. The molecule has 1 atom stereocenters. The molecule has 3 aromatic carbocycles. The third kappa shape index (κ3) is 3.94. The first-order chi connectivity index (χ1) is 15.8. The van der Waals surface area contributed by atoms with Crippen LogP contribution in [0.15, 0.2) is 72.3 Å². The number of aryl methyl sites for hydroxylation is 1. The van der Waals surface area contributed by atoms with Gasteiger partial charge in [-0.15, -0.1) is 0 Å². The number of halogens is 2.